The van der Waals surface area contributed by atoms with E-state index in [1.807, 2.05) is 7.05 Å². The zero-order chi connectivity index (χ0) is 13.1. The summed E-state index contributed by atoms with van der Waals surface area (Å²) in [5.74, 6) is 6.45. The van der Waals surface area contributed by atoms with Crippen LogP contribution < -0.4 is 5.32 Å². The van der Waals surface area contributed by atoms with E-state index in [2.05, 4.69) is 59.6 Å². The second-order valence-electron chi connectivity index (χ2n) is 4.86. The van der Waals surface area contributed by atoms with Crippen LogP contribution in [0.2, 0.25) is 0 Å². The molecule has 0 saturated carbocycles. The van der Waals surface area contributed by atoms with E-state index < -0.39 is 0 Å². The third-order valence-electron chi connectivity index (χ3n) is 3.53. The van der Waals surface area contributed by atoms with E-state index in [0.29, 0.717) is 0 Å². The van der Waals surface area contributed by atoms with E-state index in [1.54, 1.807) is 0 Å². The van der Waals surface area contributed by atoms with Crippen LogP contribution in [-0.4, -0.2) is 13.6 Å². The number of hydrogen-bond donors (Lipinski definition) is 1. The second kappa shape index (κ2) is 5.30. The molecule has 1 aliphatic carbocycles. The van der Waals surface area contributed by atoms with Crippen LogP contribution in [0, 0.1) is 11.8 Å². The lowest BCUT2D eigenvalue weighted by molar-refractivity contribution is 0.818. The molecule has 0 amide bonds. The van der Waals surface area contributed by atoms with Gasteiger partial charge in [0.05, 0.1) is 0 Å². The zero-order valence-electron chi connectivity index (χ0n) is 11.2. The van der Waals surface area contributed by atoms with Gasteiger partial charge in [0.25, 0.3) is 0 Å². The summed E-state index contributed by atoms with van der Waals surface area (Å²) in [6.07, 6.45) is 1.94. The predicted octanol–water partition coefficient (Wildman–Crippen LogP) is 3.22. The summed E-state index contributed by atoms with van der Waals surface area (Å²) in [6, 6.07) is 15.2. The van der Waals surface area contributed by atoms with Gasteiger partial charge in [-0.1, -0.05) is 42.2 Å². The van der Waals surface area contributed by atoms with Gasteiger partial charge in [-0.25, -0.2) is 0 Å². The molecule has 0 spiro atoms. The maximum atomic E-state index is 3.25. The Kier molecular flexibility index (Phi) is 3.35. The Labute approximate surface area is 114 Å². The molecule has 0 radical (unpaired) electrons. The monoisotopic (exact) mass is 247 g/mol. The van der Waals surface area contributed by atoms with Gasteiger partial charge in [0.15, 0.2) is 0 Å². The van der Waals surface area contributed by atoms with E-state index >= 15 is 0 Å². The molecule has 0 unspecified atom stereocenters. The van der Waals surface area contributed by atoms with Crippen molar-refractivity contribution >= 4 is 0 Å². The van der Waals surface area contributed by atoms with Gasteiger partial charge in [-0.3, -0.25) is 0 Å². The molecule has 94 valence electrons. The molecule has 19 heavy (non-hydrogen) atoms. The van der Waals surface area contributed by atoms with Gasteiger partial charge in [-0.15, -0.1) is 0 Å². The first kappa shape index (κ1) is 12.0. The largest absolute Gasteiger partial charge is 0.319 e. The Balaban J connectivity index is 1.87. The molecule has 0 atom stereocenters. The standard InChI is InChI=1S/C18H17N/c1-19-11-5-4-6-14-9-10-18-16(12-14)13-15-7-2-3-8-17(15)18/h2-3,7-10,12,19H,5,11,13H2,1H3. The SMILES string of the molecule is CNCCC#Cc1ccc2c(c1)Cc1ccccc1-2. The lowest BCUT2D eigenvalue weighted by Gasteiger charge is -2.00. The van der Waals surface area contributed by atoms with E-state index in [4.69, 9.17) is 0 Å². The van der Waals surface area contributed by atoms with Crippen LogP contribution >= 0.6 is 0 Å². The maximum absolute atomic E-state index is 3.25. The summed E-state index contributed by atoms with van der Waals surface area (Å²) in [7, 11) is 1.95. The number of rotatable bonds is 2. The summed E-state index contributed by atoms with van der Waals surface area (Å²) >= 11 is 0. The smallest absolute Gasteiger partial charge is 0.0248 e. The van der Waals surface area contributed by atoms with Crippen molar-refractivity contribution in [3.63, 3.8) is 0 Å². The Morgan fingerprint density at radius 2 is 1.89 bits per heavy atom. The molecule has 0 saturated heterocycles. The highest BCUT2D eigenvalue weighted by molar-refractivity contribution is 5.77. The Morgan fingerprint density at radius 3 is 2.79 bits per heavy atom. The first-order valence-electron chi connectivity index (χ1n) is 6.73. The Morgan fingerprint density at radius 1 is 1.05 bits per heavy atom. The van der Waals surface area contributed by atoms with E-state index in [9.17, 15) is 0 Å². The van der Waals surface area contributed by atoms with Crippen LogP contribution in [0.5, 0.6) is 0 Å². The van der Waals surface area contributed by atoms with Gasteiger partial charge < -0.3 is 5.32 Å². The maximum Gasteiger partial charge on any atom is 0.0248 e. The normalized spacial score (nSPS) is 11.4. The highest BCUT2D eigenvalue weighted by Crippen LogP contribution is 2.36. The lowest BCUT2D eigenvalue weighted by atomic mass is 10.0. The topological polar surface area (TPSA) is 12.0 Å². The van der Waals surface area contributed by atoms with Crippen LogP contribution in [0.15, 0.2) is 42.5 Å². The summed E-state index contributed by atoms with van der Waals surface area (Å²) in [4.78, 5) is 0. The minimum absolute atomic E-state index is 0.897. The van der Waals surface area contributed by atoms with Crippen LogP contribution in [-0.2, 0) is 6.42 Å². The second-order valence-corrected chi connectivity index (χ2v) is 4.86. The molecule has 2 aromatic rings. The molecule has 1 aliphatic rings. The quantitative estimate of drug-likeness (QED) is 0.541. The molecule has 0 aromatic heterocycles. The lowest BCUT2D eigenvalue weighted by Crippen LogP contribution is -2.05. The van der Waals surface area contributed by atoms with Crippen molar-refractivity contribution in [1.29, 1.82) is 0 Å². The van der Waals surface area contributed by atoms with Crippen LogP contribution in [0.4, 0.5) is 0 Å². The molecule has 2 aromatic carbocycles. The summed E-state index contributed by atoms with van der Waals surface area (Å²) in [6.45, 7) is 0.948. The minimum Gasteiger partial charge on any atom is -0.319 e. The molecule has 1 nitrogen and oxygen atoms in total. The van der Waals surface area contributed by atoms with Crippen LogP contribution in [0.25, 0.3) is 11.1 Å². The molecular weight excluding hydrogens is 230 g/mol. The van der Waals surface area contributed by atoms with Crippen molar-refractivity contribution < 1.29 is 0 Å². The molecule has 3 rings (SSSR count). The zero-order valence-corrected chi connectivity index (χ0v) is 11.2. The van der Waals surface area contributed by atoms with Gasteiger partial charge in [0.2, 0.25) is 0 Å². The highest BCUT2D eigenvalue weighted by atomic mass is 14.8. The first-order chi connectivity index (χ1) is 9.38. The molecule has 0 bridgehead atoms. The number of fused-ring (bicyclic) bond motifs is 3. The van der Waals surface area contributed by atoms with Crippen LogP contribution in [0.1, 0.15) is 23.1 Å². The van der Waals surface area contributed by atoms with Crippen molar-refractivity contribution in [2.75, 3.05) is 13.6 Å². The van der Waals surface area contributed by atoms with Gasteiger partial charge >= 0.3 is 0 Å². The summed E-state index contributed by atoms with van der Waals surface area (Å²) < 4.78 is 0. The molecule has 0 fully saturated rings. The molecular formula is C18H17N. The number of benzene rings is 2. The average Bonchev–Trinajstić information content (AvgIpc) is 2.81. The fourth-order valence-electron chi connectivity index (χ4n) is 2.57. The molecule has 0 aliphatic heterocycles. The van der Waals surface area contributed by atoms with Crippen molar-refractivity contribution in [3.05, 3.63) is 59.2 Å². The highest BCUT2D eigenvalue weighted by Gasteiger charge is 2.17. The van der Waals surface area contributed by atoms with Gasteiger partial charge in [0.1, 0.15) is 0 Å². The third-order valence-corrected chi connectivity index (χ3v) is 3.53. The number of hydrogen-bond acceptors (Lipinski definition) is 1. The summed E-state index contributed by atoms with van der Waals surface area (Å²) in [5.41, 5.74) is 6.71. The predicted molar refractivity (Wildman–Crippen MR) is 80.1 cm³/mol. The first-order valence-corrected chi connectivity index (χ1v) is 6.73. The molecule has 0 heterocycles. The summed E-state index contributed by atoms with van der Waals surface area (Å²) in [5, 5.41) is 3.11. The third kappa shape index (κ3) is 2.41. The Hall–Kier alpha value is -2.04. The number of nitrogens with one attached hydrogen (secondary N) is 1. The van der Waals surface area contributed by atoms with Crippen molar-refractivity contribution in [2.24, 2.45) is 0 Å². The average molecular weight is 247 g/mol. The minimum atomic E-state index is 0.897. The van der Waals surface area contributed by atoms with E-state index in [1.165, 1.54) is 22.3 Å². The Bertz CT molecular complexity index is 659. The van der Waals surface area contributed by atoms with Crippen LogP contribution in [0.3, 0.4) is 0 Å². The fourth-order valence-corrected chi connectivity index (χ4v) is 2.57. The molecule has 1 N–H and O–H groups in total. The van der Waals surface area contributed by atoms with E-state index in [-0.39, 0.29) is 0 Å². The van der Waals surface area contributed by atoms with Gasteiger partial charge in [-0.05, 0) is 47.9 Å². The fraction of sp³-hybridized carbons (Fsp3) is 0.222. The van der Waals surface area contributed by atoms with Gasteiger partial charge in [0, 0.05) is 18.5 Å². The van der Waals surface area contributed by atoms with E-state index in [0.717, 1.165) is 24.9 Å². The van der Waals surface area contributed by atoms with Crippen molar-refractivity contribution in [1.82, 2.24) is 5.32 Å². The van der Waals surface area contributed by atoms with Crippen molar-refractivity contribution in [3.8, 4) is 23.0 Å². The van der Waals surface area contributed by atoms with Crippen molar-refractivity contribution in [2.45, 2.75) is 12.8 Å². The van der Waals surface area contributed by atoms with Gasteiger partial charge in [-0.2, -0.15) is 0 Å². The molecule has 1 heteroatoms.